The second kappa shape index (κ2) is 4.30. The van der Waals surface area contributed by atoms with Crippen molar-refractivity contribution in [3.8, 4) is 5.75 Å². The Hall–Kier alpha value is -0.670. The van der Waals surface area contributed by atoms with Crippen LogP contribution in [-0.2, 0) is 0 Å². The summed E-state index contributed by atoms with van der Waals surface area (Å²) in [5.74, 6) is 0.924. The summed E-state index contributed by atoms with van der Waals surface area (Å²) in [4.78, 5) is 1.15. The van der Waals surface area contributed by atoms with E-state index in [0.717, 1.165) is 23.5 Å². The molecule has 3 heteroatoms. The Balaban J connectivity index is 2.28. The Labute approximate surface area is 101 Å². The van der Waals surface area contributed by atoms with Crippen LogP contribution < -0.4 is 4.74 Å². The summed E-state index contributed by atoms with van der Waals surface area (Å²) < 4.78 is 5.46. The van der Waals surface area contributed by atoms with Gasteiger partial charge in [-0.2, -0.15) is 0 Å². The number of hydrogen-bond donors (Lipinski definition) is 1. The Bertz CT molecular complexity index is 397. The monoisotopic (exact) mass is 238 g/mol. The standard InChI is InChI=1S/C13H18O2S/c1-9-6-11(15-3)12(7-10(9)2)16-13(8-14)4-5-13/h6-7,14H,4-5,8H2,1-3H3. The van der Waals surface area contributed by atoms with Crippen LogP contribution in [0.4, 0.5) is 0 Å². The molecule has 2 rings (SSSR count). The highest BCUT2D eigenvalue weighted by molar-refractivity contribution is 8.01. The first-order valence-corrected chi connectivity index (χ1v) is 6.37. The summed E-state index contributed by atoms with van der Waals surface area (Å²) in [6.07, 6.45) is 2.20. The van der Waals surface area contributed by atoms with Gasteiger partial charge in [-0.1, -0.05) is 0 Å². The van der Waals surface area contributed by atoms with E-state index in [-0.39, 0.29) is 11.4 Å². The SMILES string of the molecule is COc1cc(C)c(C)cc1SC1(CO)CC1. The third kappa shape index (κ3) is 2.20. The van der Waals surface area contributed by atoms with Crippen molar-refractivity contribution in [1.82, 2.24) is 0 Å². The first kappa shape index (κ1) is 11.8. The molecule has 0 unspecified atom stereocenters. The lowest BCUT2D eigenvalue weighted by molar-refractivity contribution is 0.288. The van der Waals surface area contributed by atoms with Crippen molar-refractivity contribution in [3.63, 3.8) is 0 Å². The molecule has 0 spiro atoms. The molecular formula is C13H18O2S. The molecule has 0 heterocycles. The van der Waals surface area contributed by atoms with Gasteiger partial charge in [0.1, 0.15) is 5.75 Å². The number of thioether (sulfide) groups is 1. The largest absolute Gasteiger partial charge is 0.496 e. The summed E-state index contributed by atoms with van der Waals surface area (Å²) in [6.45, 7) is 4.45. The molecule has 0 amide bonds. The molecule has 0 radical (unpaired) electrons. The molecule has 16 heavy (non-hydrogen) atoms. The molecule has 1 aromatic carbocycles. The Morgan fingerprint density at radius 1 is 1.31 bits per heavy atom. The molecule has 1 fully saturated rings. The van der Waals surface area contributed by atoms with Crippen molar-refractivity contribution >= 4 is 11.8 Å². The molecule has 1 aliphatic rings. The Morgan fingerprint density at radius 2 is 1.94 bits per heavy atom. The van der Waals surface area contributed by atoms with E-state index in [2.05, 4.69) is 26.0 Å². The summed E-state index contributed by atoms with van der Waals surface area (Å²) in [6, 6.07) is 4.24. The highest BCUT2D eigenvalue weighted by atomic mass is 32.2. The maximum absolute atomic E-state index is 9.34. The fourth-order valence-electron chi connectivity index (χ4n) is 1.67. The highest BCUT2D eigenvalue weighted by Crippen LogP contribution is 2.53. The smallest absolute Gasteiger partial charge is 0.132 e. The number of hydrogen-bond acceptors (Lipinski definition) is 3. The normalized spacial score (nSPS) is 17.2. The van der Waals surface area contributed by atoms with Gasteiger partial charge in [-0.15, -0.1) is 11.8 Å². The predicted octanol–water partition coefficient (Wildman–Crippen LogP) is 2.93. The summed E-state index contributed by atoms with van der Waals surface area (Å²) >= 11 is 1.76. The molecule has 1 aliphatic carbocycles. The lowest BCUT2D eigenvalue weighted by atomic mass is 10.1. The van der Waals surface area contributed by atoms with Gasteiger partial charge >= 0.3 is 0 Å². The van der Waals surface area contributed by atoms with E-state index in [1.165, 1.54) is 11.1 Å². The molecule has 1 N–H and O–H groups in total. The fraction of sp³-hybridized carbons (Fsp3) is 0.538. The molecule has 2 nitrogen and oxygen atoms in total. The van der Waals surface area contributed by atoms with Gasteiger partial charge in [-0.25, -0.2) is 0 Å². The molecule has 0 aromatic heterocycles. The number of ether oxygens (including phenoxy) is 1. The van der Waals surface area contributed by atoms with E-state index < -0.39 is 0 Å². The summed E-state index contributed by atoms with van der Waals surface area (Å²) in [5.41, 5.74) is 2.52. The number of aliphatic hydroxyl groups excluding tert-OH is 1. The maximum Gasteiger partial charge on any atom is 0.132 e. The van der Waals surface area contributed by atoms with Gasteiger partial charge in [-0.05, 0) is 49.9 Å². The van der Waals surface area contributed by atoms with Crippen LogP contribution in [0.15, 0.2) is 17.0 Å². The van der Waals surface area contributed by atoms with Crippen LogP contribution in [0.2, 0.25) is 0 Å². The van der Waals surface area contributed by atoms with Gasteiger partial charge in [0.15, 0.2) is 0 Å². The van der Waals surface area contributed by atoms with Gasteiger partial charge in [0.25, 0.3) is 0 Å². The van der Waals surface area contributed by atoms with Gasteiger partial charge in [0.05, 0.1) is 18.6 Å². The van der Waals surface area contributed by atoms with E-state index in [0.29, 0.717) is 0 Å². The van der Waals surface area contributed by atoms with Crippen molar-refractivity contribution in [2.45, 2.75) is 36.3 Å². The van der Waals surface area contributed by atoms with Crippen LogP contribution >= 0.6 is 11.8 Å². The van der Waals surface area contributed by atoms with Crippen LogP contribution in [0, 0.1) is 13.8 Å². The van der Waals surface area contributed by atoms with Crippen molar-refractivity contribution in [2.75, 3.05) is 13.7 Å². The minimum Gasteiger partial charge on any atom is -0.496 e. The number of rotatable bonds is 4. The third-order valence-electron chi connectivity index (χ3n) is 3.20. The number of aryl methyl sites for hydroxylation is 2. The minimum atomic E-state index is 0.0645. The summed E-state index contributed by atoms with van der Waals surface area (Å²) in [7, 11) is 1.70. The Kier molecular flexibility index (Phi) is 3.17. The fourth-order valence-corrected chi connectivity index (χ4v) is 2.98. The van der Waals surface area contributed by atoms with Crippen LogP contribution in [0.1, 0.15) is 24.0 Å². The zero-order chi connectivity index (χ0) is 11.8. The third-order valence-corrected chi connectivity index (χ3v) is 4.71. The molecule has 1 aromatic rings. The quantitative estimate of drug-likeness (QED) is 0.874. The van der Waals surface area contributed by atoms with Gasteiger partial charge in [-0.3, -0.25) is 0 Å². The maximum atomic E-state index is 9.34. The van der Waals surface area contributed by atoms with Gasteiger partial charge in [0.2, 0.25) is 0 Å². The zero-order valence-electron chi connectivity index (χ0n) is 10.0. The molecule has 0 saturated heterocycles. The predicted molar refractivity (Wildman–Crippen MR) is 67.4 cm³/mol. The number of benzene rings is 1. The van der Waals surface area contributed by atoms with Crippen molar-refractivity contribution in [1.29, 1.82) is 0 Å². The topological polar surface area (TPSA) is 29.5 Å². The minimum absolute atomic E-state index is 0.0645. The first-order chi connectivity index (χ1) is 7.60. The molecule has 1 saturated carbocycles. The highest BCUT2D eigenvalue weighted by Gasteiger charge is 2.43. The molecule has 88 valence electrons. The lowest BCUT2D eigenvalue weighted by Gasteiger charge is -2.16. The van der Waals surface area contributed by atoms with Crippen molar-refractivity contribution in [3.05, 3.63) is 23.3 Å². The van der Waals surface area contributed by atoms with E-state index in [4.69, 9.17) is 4.74 Å². The summed E-state index contributed by atoms with van der Waals surface area (Å²) in [5, 5.41) is 9.34. The van der Waals surface area contributed by atoms with Gasteiger partial charge < -0.3 is 9.84 Å². The van der Waals surface area contributed by atoms with Gasteiger partial charge in [0, 0.05) is 4.75 Å². The molecule has 0 atom stereocenters. The van der Waals surface area contributed by atoms with Crippen molar-refractivity contribution < 1.29 is 9.84 Å². The Morgan fingerprint density at radius 3 is 2.44 bits per heavy atom. The average molecular weight is 238 g/mol. The molecular weight excluding hydrogens is 220 g/mol. The van der Waals surface area contributed by atoms with Crippen LogP contribution in [-0.4, -0.2) is 23.6 Å². The molecule has 0 aliphatic heterocycles. The second-order valence-corrected chi connectivity index (χ2v) is 6.04. The lowest BCUT2D eigenvalue weighted by Crippen LogP contribution is -2.08. The second-order valence-electron chi connectivity index (χ2n) is 4.53. The molecule has 0 bridgehead atoms. The van der Waals surface area contributed by atoms with E-state index in [9.17, 15) is 5.11 Å². The average Bonchev–Trinajstić information content (AvgIpc) is 3.04. The van der Waals surface area contributed by atoms with Crippen LogP contribution in [0.3, 0.4) is 0 Å². The number of aliphatic hydroxyl groups is 1. The van der Waals surface area contributed by atoms with Crippen LogP contribution in [0.5, 0.6) is 5.75 Å². The van der Waals surface area contributed by atoms with E-state index >= 15 is 0 Å². The van der Waals surface area contributed by atoms with Crippen molar-refractivity contribution in [2.24, 2.45) is 0 Å². The van der Waals surface area contributed by atoms with Crippen LogP contribution in [0.25, 0.3) is 0 Å². The zero-order valence-corrected chi connectivity index (χ0v) is 10.9. The number of methoxy groups -OCH3 is 1. The van der Waals surface area contributed by atoms with E-state index in [1.807, 2.05) is 0 Å². The first-order valence-electron chi connectivity index (χ1n) is 5.55. The van der Waals surface area contributed by atoms with E-state index in [1.54, 1.807) is 18.9 Å².